The van der Waals surface area contributed by atoms with E-state index in [1.54, 1.807) is 7.05 Å². The molecule has 2 heteroatoms. The normalized spacial score (nSPS) is 23.2. The van der Waals surface area contributed by atoms with Gasteiger partial charge in [0.2, 0.25) is 5.91 Å². The summed E-state index contributed by atoms with van der Waals surface area (Å²) in [5.41, 5.74) is 0. The molecule has 1 atom stereocenters. The molecule has 0 fully saturated rings. The Labute approximate surface area is 67.7 Å². The Morgan fingerprint density at radius 2 is 2.45 bits per heavy atom. The van der Waals surface area contributed by atoms with Crippen molar-refractivity contribution < 1.29 is 4.79 Å². The fourth-order valence-corrected chi connectivity index (χ4v) is 1.41. The van der Waals surface area contributed by atoms with E-state index in [1.807, 2.05) is 0 Å². The van der Waals surface area contributed by atoms with E-state index in [4.69, 9.17) is 0 Å². The monoisotopic (exact) mass is 153 g/mol. The summed E-state index contributed by atoms with van der Waals surface area (Å²) in [5.74, 6) is 0.755. The van der Waals surface area contributed by atoms with Gasteiger partial charge in [0.15, 0.2) is 0 Å². The molecule has 1 aliphatic rings. The van der Waals surface area contributed by atoms with Crippen molar-refractivity contribution in [1.29, 1.82) is 0 Å². The number of nitrogens with one attached hydrogen (secondary N) is 1. The average molecular weight is 153 g/mol. The second-order valence-corrected chi connectivity index (χ2v) is 3.03. The van der Waals surface area contributed by atoms with Crippen LogP contribution in [0.3, 0.4) is 0 Å². The standard InChI is InChI=1S/C9H15NO/c1-10-9(11)7-8-5-3-2-4-6-8/h2-3,8H,4-7H2,1H3,(H,10,11). The van der Waals surface area contributed by atoms with Crippen molar-refractivity contribution in [3.8, 4) is 0 Å². The van der Waals surface area contributed by atoms with Gasteiger partial charge in [-0.25, -0.2) is 0 Å². The van der Waals surface area contributed by atoms with Crippen LogP contribution < -0.4 is 5.32 Å². The Kier molecular flexibility index (Phi) is 3.14. The van der Waals surface area contributed by atoms with Crippen LogP contribution in [0.2, 0.25) is 0 Å². The third kappa shape index (κ3) is 2.74. The number of carbonyl (C=O) groups is 1. The molecule has 0 aromatic carbocycles. The Balaban J connectivity index is 2.26. The Bertz CT molecular complexity index is 163. The van der Waals surface area contributed by atoms with Gasteiger partial charge in [0, 0.05) is 13.5 Å². The third-order valence-electron chi connectivity index (χ3n) is 2.13. The molecule has 1 unspecified atom stereocenters. The maximum atomic E-state index is 10.9. The third-order valence-corrected chi connectivity index (χ3v) is 2.13. The van der Waals surface area contributed by atoms with E-state index in [-0.39, 0.29) is 5.91 Å². The molecule has 1 aliphatic carbocycles. The van der Waals surface area contributed by atoms with Gasteiger partial charge in [-0.1, -0.05) is 12.2 Å². The lowest BCUT2D eigenvalue weighted by Crippen LogP contribution is -2.21. The van der Waals surface area contributed by atoms with Crippen LogP contribution in [0.1, 0.15) is 25.7 Å². The lowest BCUT2D eigenvalue weighted by Gasteiger charge is -2.15. The van der Waals surface area contributed by atoms with Crippen molar-refractivity contribution >= 4 is 5.91 Å². The molecule has 0 radical (unpaired) electrons. The first-order valence-electron chi connectivity index (χ1n) is 4.18. The zero-order valence-corrected chi connectivity index (χ0v) is 6.97. The highest BCUT2D eigenvalue weighted by molar-refractivity contribution is 5.75. The summed E-state index contributed by atoms with van der Waals surface area (Å²) in [6.45, 7) is 0. The highest BCUT2D eigenvalue weighted by Crippen LogP contribution is 2.20. The van der Waals surface area contributed by atoms with Crippen LogP contribution in [-0.4, -0.2) is 13.0 Å². The zero-order chi connectivity index (χ0) is 8.10. The smallest absolute Gasteiger partial charge is 0.220 e. The van der Waals surface area contributed by atoms with Crippen LogP contribution in [0.4, 0.5) is 0 Å². The van der Waals surface area contributed by atoms with Crippen molar-refractivity contribution in [2.45, 2.75) is 25.7 Å². The molecule has 0 aliphatic heterocycles. The van der Waals surface area contributed by atoms with Gasteiger partial charge in [-0.05, 0) is 25.2 Å². The summed E-state index contributed by atoms with van der Waals surface area (Å²) < 4.78 is 0. The topological polar surface area (TPSA) is 29.1 Å². The first-order chi connectivity index (χ1) is 5.33. The van der Waals surface area contributed by atoms with E-state index in [2.05, 4.69) is 17.5 Å². The second kappa shape index (κ2) is 4.16. The molecule has 1 N–H and O–H groups in total. The van der Waals surface area contributed by atoms with E-state index >= 15 is 0 Å². The van der Waals surface area contributed by atoms with E-state index < -0.39 is 0 Å². The predicted molar refractivity (Wildman–Crippen MR) is 45.2 cm³/mol. The number of hydrogen-bond acceptors (Lipinski definition) is 1. The molecule has 0 saturated carbocycles. The number of allylic oxidation sites excluding steroid dienone is 2. The van der Waals surface area contributed by atoms with Crippen molar-refractivity contribution in [3.05, 3.63) is 12.2 Å². The number of hydrogen-bond donors (Lipinski definition) is 1. The van der Waals surface area contributed by atoms with Crippen molar-refractivity contribution in [2.24, 2.45) is 5.92 Å². The second-order valence-electron chi connectivity index (χ2n) is 3.03. The van der Waals surface area contributed by atoms with Crippen LogP contribution in [0.5, 0.6) is 0 Å². The van der Waals surface area contributed by atoms with Crippen LogP contribution in [0.25, 0.3) is 0 Å². The van der Waals surface area contributed by atoms with E-state index in [0.29, 0.717) is 12.3 Å². The van der Waals surface area contributed by atoms with Gasteiger partial charge in [-0.3, -0.25) is 4.79 Å². The lowest BCUT2D eigenvalue weighted by molar-refractivity contribution is -0.121. The van der Waals surface area contributed by atoms with Gasteiger partial charge in [0.1, 0.15) is 0 Å². The van der Waals surface area contributed by atoms with Crippen molar-refractivity contribution in [2.75, 3.05) is 7.05 Å². The first-order valence-corrected chi connectivity index (χ1v) is 4.18. The molecule has 62 valence electrons. The Morgan fingerprint density at radius 3 is 3.00 bits per heavy atom. The number of carbonyl (C=O) groups excluding carboxylic acids is 1. The van der Waals surface area contributed by atoms with E-state index in [1.165, 1.54) is 6.42 Å². The fourth-order valence-electron chi connectivity index (χ4n) is 1.41. The molecular formula is C9H15NO. The highest BCUT2D eigenvalue weighted by atomic mass is 16.1. The SMILES string of the molecule is CNC(=O)CC1CC=CCC1. The molecule has 0 saturated heterocycles. The Hall–Kier alpha value is -0.790. The van der Waals surface area contributed by atoms with Crippen LogP contribution in [0.15, 0.2) is 12.2 Å². The molecule has 0 bridgehead atoms. The first kappa shape index (κ1) is 8.31. The van der Waals surface area contributed by atoms with Gasteiger partial charge in [0.05, 0.1) is 0 Å². The maximum absolute atomic E-state index is 10.9. The molecule has 0 aromatic heterocycles. The van der Waals surface area contributed by atoms with Gasteiger partial charge in [0.25, 0.3) is 0 Å². The van der Waals surface area contributed by atoms with Gasteiger partial charge >= 0.3 is 0 Å². The molecule has 0 aromatic rings. The molecule has 0 spiro atoms. The minimum Gasteiger partial charge on any atom is -0.359 e. The fraction of sp³-hybridized carbons (Fsp3) is 0.667. The summed E-state index contributed by atoms with van der Waals surface area (Å²) in [7, 11) is 1.70. The zero-order valence-electron chi connectivity index (χ0n) is 6.97. The number of amides is 1. The highest BCUT2D eigenvalue weighted by Gasteiger charge is 2.12. The van der Waals surface area contributed by atoms with Crippen molar-refractivity contribution in [3.63, 3.8) is 0 Å². The van der Waals surface area contributed by atoms with Crippen LogP contribution in [-0.2, 0) is 4.79 Å². The summed E-state index contributed by atoms with van der Waals surface area (Å²) in [6, 6.07) is 0. The van der Waals surface area contributed by atoms with E-state index in [0.717, 1.165) is 12.8 Å². The van der Waals surface area contributed by atoms with Gasteiger partial charge in [-0.2, -0.15) is 0 Å². The minimum absolute atomic E-state index is 0.172. The largest absolute Gasteiger partial charge is 0.359 e. The molecule has 1 amide bonds. The number of rotatable bonds is 2. The van der Waals surface area contributed by atoms with Crippen LogP contribution >= 0.6 is 0 Å². The average Bonchev–Trinajstić information content (AvgIpc) is 2.06. The molecule has 0 heterocycles. The summed E-state index contributed by atoms with van der Waals surface area (Å²) >= 11 is 0. The van der Waals surface area contributed by atoms with Gasteiger partial charge in [-0.15, -0.1) is 0 Å². The minimum atomic E-state index is 0.172. The molecular weight excluding hydrogens is 138 g/mol. The van der Waals surface area contributed by atoms with Crippen LogP contribution in [0, 0.1) is 5.92 Å². The Morgan fingerprint density at radius 1 is 1.64 bits per heavy atom. The predicted octanol–water partition coefficient (Wildman–Crippen LogP) is 1.48. The molecule has 11 heavy (non-hydrogen) atoms. The quantitative estimate of drug-likeness (QED) is 0.598. The van der Waals surface area contributed by atoms with Crippen molar-refractivity contribution in [1.82, 2.24) is 5.32 Å². The summed E-state index contributed by atoms with van der Waals surface area (Å²) in [5, 5.41) is 2.65. The molecule has 1 rings (SSSR count). The lowest BCUT2D eigenvalue weighted by atomic mass is 9.91. The molecule has 2 nitrogen and oxygen atoms in total. The van der Waals surface area contributed by atoms with Gasteiger partial charge < -0.3 is 5.32 Å². The maximum Gasteiger partial charge on any atom is 0.220 e. The summed E-state index contributed by atoms with van der Waals surface area (Å²) in [4.78, 5) is 10.9. The van der Waals surface area contributed by atoms with E-state index in [9.17, 15) is 4.79 Å². The summed E-state index contributed by atoms with van der Waals surface area (Å²) in [6.07, 6.45) is 8.46.